The molecule has 24 heavy (non-hydrogen) atoms. The Morgan fingerprint density at radius 2 is 2.12 bits per heavy atom. The van der Waals surface area contributed by atoms with Crippen LogP contribution in [0.15, 0.2) is 18.2 Å². The molecule has 1 aliphatic carbocycles. The topological polar surface area (TPSA) is 93.4 Å². The number of carbonyl (C=O) groups is 2. The molecule has 128 valence electrons. The van der Waals surface area contributed by atoms with Crippen LogP contribution in [0.3, 0.4) is 0 Å². The molecule has 6 nitrogen and oxygen atoms in total. The number of hydrogen-bond acceptors (Lipinski definition) is 3. The van der Waals surface area contributed by atoms with Crippen molar-refractivity contribution in [1.82, 2.24) is 5.32 Å². The van der Waals surface area contributed by atoms with Crippen molar-refractivity contribution in [3.05, 3.63) is 24.0 Å². The van der Waals surface area contributed by atoms with Gasteiger partial charge < -0.3 is 21.1 Å². The van der Waals surface area contributed by atoms with Crippen molar-refractivity contribution in [2.45, 2.75) is 44.2 Å². The SMILES string of the molecule is C#CC[C@@H](NC(=O)Nc1ccc(OC2CCCC2)c(F)c1)C(N)=O. The fourth-order valence-electron chi connectivity index (χ4n) is 2.53. The number of primary amides is 1. The molecule has 1 saturated carbocycles. The lowest BCUT2D eigenvalue weighted by Gasteiger charge is -2.16. The molecule has 1 atom stereocenters. The lowest BCUT2D eigenvalue weighted by Crippen LogP contribution is -2.45. The first kappa shape index (κ1) is 17.6. The van der Waals surface area contributed by atoms with E-state index in [0.717, 1.165) is 31.7 Å². The highest BCUT2D eigenvalue weighted by molar-refractivity contribution is 5.93. The predicted octanol–water partition coefficient (Wildman–Crippen LogP) is 2.15. The van der Waals surface area contributed by atoms with Gasteiger partial charge in [-0.3, -0.25) is 4.79 Å². The highest BCUT2D eigenvalue weighted by Gasteiger charge is 2.19. The van der Waals surface area contributed by atoms with E-state index in [1.54, 1.807) is 0 Å². The normalized spacial score (nSPS) is 15.3. The number of carbonyl (C=O) groups excluding carboxylic acids is 2. The van der Waals surface area contributed by atoms with Crippen molar-refractivity contribution in [1.29, 1.82) is 0 Å². The molecule has 1 fully saturated rings. The summed E-state index contributed by atoms with van der Waals surface area (Å²) in [5, 5.41) is 4.76. The molecule has 0 radical (unpaired) electrons. The molecule has 0 aromatic heterocycles. The van der Waals surface area contributed by atoms with Crippen LogP contribution in [0.25, 0.3) is 0 Å². The summed E-state index contributed by atoms with van der Waals surface area (Å²) in [6.45, 7) is 0. The minimum absolute atomic E-state index is 0.0225. The highest BCUT2D eigenvalue weighted by Crippen LogP contribution is 2.27. The highest BCUT2D eigenvalue weighted by atomic mass is 19.1. The molecule has 1 aromatic carbocycles. The molecule has 1 aromatic rings. The van der Waals surface area contributed by atoms with E-state index >= 15 is 0 Å². The first-order valence-corrected chi connectivity index (χ1v) is 7.76. The Morgan fingerprint density at radius 3 is 2.71 bits per heavy atom. The second kappa shape index (κ2) is 8.20. The van der Waals surface area contributed by atoms with Gasteiger partial charge in [0.25, 0.3) is 0 Å². The molecule has 3 amide bonds. The molecule has 0 heterocycles. The molecule has 0 bridgehead atoms. The van der Waals surface area contributed by atoms with Crippen LogP contribution < -0.4 is 21.1 Å². The summed E-state index contributed by atoms with van der Waals surface area (Å²) in [6.07, 6.45) is 9.15. The average Bonchev–Trinajstić information content (AvgIpc) is 3.02. The summed E-state index contributed by atoms with van der Waals surface area (Å²) in [6, 6.07) is 2.47. The molecular weight excluding hydrogens is 313 g/mol. The Bertz CT molecular complexity index is 651. The van der Waals surface area contributed by atoms with Crippen LogP contribution >= 0.6 is 0 Å². The minimum atomic E-state index is -0.982. The Kier molecular flexibility index (Phi) is 6.01. The number of rotatable bonds is 6. The van der Waals surface area contributed by atoms with Gasteiger partial charge in [0.15, 0.2) is 11.6 Å². The maximum atomic E-state index is 14.1. The summed E-state index contributed by atoms with van der Waals surface area (Å²) in [5.41, 5.74) is 5.36. The molecular formula is C17H20FN3O3. The van der Waals surface area contributed by atoms with E-state index < -0.39 is 23.8 Å². The van der Waals surface area contributed by atoms with Crippen LogP contribution in [0.2, 0.25) is 0 Å². The first-order chi connectivity index (χ1) is 11.5. The molecule has 0 aliphatic heterocycles. The van der Waals surface area contributed by atoms with Gasteiger partial charge in [-0.25, -0.2) is 9.18 Å². The van der Waals surface area contributed by atoms with Crippen LogP contribution in [0, 0.1) is 18.2 Å². The zero-order chi connectivity index (χ0) is 17.5. The Hall–Kier alpha value is -2.75. The number of anilines is 1. The molecule has 0 spiro atoms. The van der Waals surface area contributed by atoms with Crippen LogP contribution in [0.1, 0.15) is 32.1 Å². The summed E-state index contributed by atoms with van der Waals surface area (Å²) in [5.74, 6) is 1.11. The standard InChI is InChI=1S/C17H20FN3O3/c1-2-5-14(16(19)22)21-17(23)20-11-8-9-15(13(18)10-11)24-12-6-3-4-7-12/h1,8-10,12,14H,3-7H2,(H2,19,22)(H2,20,21,23)/t14-/m1/s1. The number of hydrogen-bond donors (Lipinski definition) is 3. The lowest BCUT2D eigenvalue weighted by atomic mass is 10.2. The van der Waals surface area contributed by atoms with Gasteiger partial charge >= 0.3 is 6.03 Å². The van der Waals surface area contributed by atoms with Gasteiger partial charge in [0.1, 0.15) is 6.04 Å². The van der Waals surface area contributed by atoms with Gasteiger partial charge in [-0.15, -0.1) is 12.3 Å². The Morgan fingerprint density at radius 1 is 1.42 bits per heavy atom. The third-order valence-electron chi connectivity index (χ3n) is 3.76. The third kappa shape index (κ3) is 4.88. The van der Waals surface area contributed by atoms with E-state index in [9.17, 15) is 14.0 Å². The average molecular weight is 333 g/mol. The van der Waals surface area contributed by atoms with E-state index in [0.29, 0.717) is 0 Å². The van der Waals surface area contributed by atoms with E-state index in [1.165, 1.54) is 12.1 Å². The predicted molar refractivity (Wildman–Crippen MR) is 87.9 cm³/mol. The van der Waals surface area contributed by atoms with Crippen molar-refractivity contribution < 1.29 is 18.7 Å². The van der Waals surface area contributed by atoms with E-state index in [-0.39, 0.29) is 24.0 Å². The Balaban J connectivity index is 1.94. The van der Waals surface area contributed by atoms with Gasteiger partial charge in [-0.05, 0) is 37.8 Å². The van der Waals surface area contributed by atoms with Crippen molar-refractivity contribution in [3.8, 4) is 18.1 Å². The van der Waals surface area contributed by atoms with Crippen LogP contribution in [-0.4, -0.2) is 24.1 Å². The second-order valence-corrected chi connectivity index (χ2v) is 5.63. The van der Waals surface area contributed by atoms with Gasteiger partial charge in [-0.2, -0.15) is 0 Å². The summed E-state index contributed by atoms with van der Waals surface area (Å²) in [7, 11) is 0. The largest absolute Gasteiger partial charge is 0.487 e. The van der Waals surface area contributed by atoms with Crippen molar-refractivity contribution in [2.24, 2.45) is 5.73 Å². The van der Waals surface area contributed by atoms with Gasteiger partial charge in [0.05, 0.1) is 6.10 Å². The molecule has 4 N–H and O–H groups in total. The van der Waals surface area contributed by atoms with Crippen LogP contribution in [-0.2, 0) is 4.79 Å². The lowest BCUT2D eigenvalue weighted by molar-refractivity contribution is -0.119. The number of amides is 3. The van der Waals surface area contributed by atoms with Gasteiger partial charge in [0.2, 0.25) is 5.91 Å². The zero-order valence-corrected chi connectivity index (χ0v) is 13.2. The molecule has 0 unspecified atom stereocenters. The maximum absolute atomic E-state index is 14.1. The summed E-state index contributed by atoms with van der Waals surface area (Å²) >= 11 is 0. The fourth-order valence-corrected chi connectivity index (χ4v) is 2.53. The number of benzene rings is 1. The number of terminal acetylenes is 1. The Labute approximate surface area is 139 Å². The van der Waals surface area contributed by atoms with E-state index in [2.05, 4.69) is 16.6 Å². The van der Waals surface area contributed by atoms with Crippen LogP contribution in [0.4, 0.5) is 14.9 Å². The van der Waals surface area contributed by atoms with Gasteiger partial charge in [0, 0.05) is 18.2 Å². The fraction of sp³-hybridized carbons (Fsp3) is 0.412. The number of nitrogens with one attached hydrogen (secondary N) is 2. The quantitative estimate of drug-likeness (QED) is 0.696. The van der Waals surface area contributed by atoms with Crippen molar-refractivity contribution in [3.63, 3.8) is 0 Å². The van der Waals surface area contributed by atoms with E-state index in [4.69, 9.17) is 16.9 Å². The minimum Gasteiger partial charge on any atom is -0.487 e. The summed E-state index contributed by atoms with van der Waals surface area (Å²) < 4.78 is 19.7. The number of nitrogens with two attached hydrogens (primary N) is 1. The third-order valence-corrected chi connectivity index (χ3v) is 3.76. The number of urea groups is 1. The smallest absolute Gasteiger partial charge is 0.319 e. The first-order valence-electron chi connectivity index (χ1n) is 7.76. The van der Waals surface area contributed by atoms with Crippen molar-refractivity contribution in [2.75, 3.05) is 5.32 Å². The number of halogens is 1. The second-order valence-electron chi connectivity index (χ2n) is 5.63. The van der Waals surface area contributed by atoms with Gasteiger partial charge in [-0.1, -0.05) is 0 Å². The summed E-state index contributed by atoms with van der Waals surface area (Å²) in [4.78, 5) is 23.0. The molecule has 2 rings (SSSR count). The zero-order valence-electron chi connectivity index (χ0n) is 13.2. The monoisotopic (exact) mass is 333 g/mol. The van der Waals surface area contributed by atoms with Crippen LogP contribution in [0.5, 0.6) is 5.75 Å². The van der Waals surface area contributed by atoms with E-state index in [1.807, 2.05) is 0 Å². The number of ether oxygens (including phenoxy) is 1. The molecule has 0 saturated heterocycles. The maximum Gasteiger partial charge on any atom is 0.319 e. The molecule has 7 heteroatoms. The van der Waals surface area contributed by atoms with Crippen molar-refractivity contribution >= 4 is 17.6 Å². The molecule has 1 aliphatic rings.